The van der Waals surface area contributed by atoms with Gasteiger partial charge in [-0.15, -0.1) is 0 Å². The summed E-state index contributed by atoms with van der Waals surface area (Å²) in [7, 11) is 5.49. The largest absolute Gasteiger partial charge is 0.497 e. The zero-order valence-corrected chi connectivity index (χ0v) is 20.9. The van der Waals surface area contributed by atoms with Crippen molar-refractivity contribution in [2.45, 2.75) is 26.3 Å². The molecule has 0 aliphatic carbocycles. The lowest BCUT2D eigenvalue weighted by atomic mass is 10.0. The first kappa shape index (κ1) is 25.8. The Morgan fingerprint density at radius 2 is 1.88 bits per heavy atom. The predicted octanol–water partition coefficient (Wildman–Crippen LogP) is 4.82. The average Bonchev–Trinajstić information content (AvgIpc) is 2.83. The van der Waals surface area contributed by atoms with Crippen LogP contribution in [0.4, 0.5) is 4.39 Å². The Bertz CT molecular complexity index is 1190. The van der Waals surface area contributed by atoms with Crippen molar-refractivity contribution in [2.75, 3.05) is 40.1 Å². The summed E-state index contributed by atoms with van der Waals surface area (Å²) in [6, 6.07) is 9.85. The normalized spacial score (nSPS) is 11.2. The van der Waals surface area contributed by atoms with Gasteiger partial charge in [-0.3, -0.25) is 9.59 Å². The molecule has 8 heteroatoms. The maximum atomic E-state index is 15.0. The second-order valence-corrected chi connectivity index (χ2v) is 9.34. The molecule has 0 fully saturated rings. The van der Waals surface area contributed by atoms with Gasteiger partial charge in [0.2, 0.25) is 0 Å². The van der Waals surface area contributed by atoms with E-state index < -0.39 is 11.2 Å². The number of carbonyl (C=O) groups is 1. The number of methoxy groups -OCH3 is 1. The number of rotatable bonds is 11. The summed E-state index contributed by atoms with van der Waals surface area (Å²) in [5, 5.41) is 0.0155. The minimum absolute atomic E-state index is 0.0327. The van der Waals surface area contributed by atoms with E-state index in [0.29, 0.717) is 47.0 Å². The van der Waals surface area contributed by atoms with E-state index in [1.165, 1.54) is 17.8 Å². The molecule has 6 nitrogen and oxygen atoms in total. The molecule has 0 saturated carbocycles. The Labute approximate surface area is 203 Å². The summed E-state index contributed by atoms with van der Waals surface area (Å²) in [5.74, 6) is 1.18. The van der Waals surface area contributed by atoms with E-state index in [1.807, 2.05) is 25.9 Å². The van der Waals surface area contributed by atoms with Crippen LogP contribution < -0.4 is 14.9 Å². The first-order valence-electron chi connectivity index (χ1n) is 11.3. The highest BCUT2D eigenvalue weighted by Gasteiger charge is 2.19. The second kappa shape index (κ2) is 12.0. The van der Waals surface area contributed by atoms with E-state index >= 15 is 4.39 Å². The van der Waals surface area contributed by atoms with E-state index in [0.717, 1.165) is 13.0 Å². The van der Waals surface area contributed by atoms with E-state index in [-0.39, 0.29) is 16.9 Å². The van der Waals surface area contributed by atoms with Crippen LogP contribution in [0.3, 0.4) is 0 Å². The Balaban J connectivity index is 2.07. The number of halogens is 1. The second-order valence-electron chi connectivity index (χ2n) is 8.19. The fourth-order valence-corrected chi connectivity index (χ4v) is 4.49. The molecule has 34 heavy (non-hydrogen) atoms. The van der Waals surface area contributed by atoms with Crippen LogP contribution in [0.2, 0.25) is 0 Å². The molecular weight excluding hydrogens is 455 g/mol. The quantitative estimate of drug-likeness (QED) is 0.387. The van der Waals surface area contributed by atoms with E-state index in [1.54, 1.807) is 48.2 Å². The van der Waals surface area contributed by atoms with E-state index in [9.17, 15) is 9.59 Å². The van der Waals surface area contributed by atoms with Crippen molar-refractivity contribution in [1.82, 2.24) is 9.47 Å². The van der Waals surface area contributed by atoms with Gasteiger partial charge in [-0.1, -0.05) is 30.8 Å². The number of carbonyl (C=O) groups excluding carboxylic acids is 1. The van der Waals surface area contributed by atoms with Gasteiger partial charge in [0, 0.05) is 37.0 Å². The molecule has 0 atom stereocenters. The van der Waals surface area contributed by atoms with E-state index in [2.05, 4.69) is 0 Å². The molecule has 0 radical (unpaired) electrons. The van der Waals surface area contributed by atoms with Crippen LogP contribution in [0.1, 0.15) is 19.8 Å². The molecule has 0 bridgehead atoms. The summed E-state index contributed by atoms with van der Waals surface area (Å²) in [6.45, 7) is 3.53. The fourth-order valence-electron chi connectivity index (χ4n) is 3.57. The van der Waals surface area contributed by atoms with Gasteiger partial charge in [-0.05, 0) is 50.3 Å². The van der Waals surface area contributed by atoms with Crippen molar-refractivity contribution in [2.24, 2.45) is 0 Å². The van der Waals surface area contributed by atoms with Gasteiger partial charge in [0.15, 0.2) is 10.5 Å². The number of hydrogen-bond donors (Lipinski definition) is 0. The van der Waals surface area contributed by atoms with Crippen LogP contribution in [0.5, 0.6) is 11.5 Å². The zero-order valence-electron chi connectivity index (χ0n) is 20.1. The molecule has 1 aromatic heterocycles. The first-order chi connectivity index (χ1) is 16.3. The van der Waals surface area contributed by atoms with Crippen LogP contribution >= 0.6 is 11.8 Å². The summed E-state index contributed by atoms with van der Waals surface area (Å²) in [5.41, 5.74) is 0.964. The molecule has 0 saturated heterocycles. The first-order valence-corrected chi connectivity index (χ1v) is 12.3. The van der Waals surface area contributed by atoms with Gasteiger partial charge in [0.25, 0.3) is 0 Å². The number of aromatic nitrogens is 1. The number of ether oxygens (including phenoxy) is 2. The smallest absolute Gasteiger partial charge is 0.200 e. The third-order valence-corrected chi connectivity index (χ3v) is 6.27. The molecule has 0 spiro atoms. The number of benzene rings is 2. The lowest BCUT2D eigenvalue weighted by Gasteiger charge is -2.17. The number of pyridine rings is 1. The maximum absolute atomic E-state index is 15.0. The summed E-state index contributed by atoms with van der Waals surface area (Å²) >= 11 is 1.28. The average molecular weight is 487 g/mol. The molecule has 3 aromatic rings. The molecule has 0 N–H and O–H groups in total. The monoisotopic (exact) mass is 486 g/mol. The number of fused-ring (bicyclic) bond motifs is 1. The summed E-state index contributed by atoms with van der Waals surface area (Å²) < 4.78 is 27.9. The topological polar surface area (TPSA) is 60.8 Å². The van der Waals surface area contributed by atoms with Crippen LogP contribution in [0, 0.1) is 5.82 Å². The van der Waals surface area contributed by atoms with Crippen molar-refractivity contribution in [3.8, 4) is 22.6 Å². The number of hydrogen-bond acceptors (Lipinski definition) is 6. The molecule has 182 valence electrons. The van der Waals surface area contributed by atoms with Crippen molar-refractivity contribution >= 4 is 27.8 Å². The number of thioether (sulfide) groups is 1. The van der Waals surface area contributed by atoms with Crippen LogP contribution in [0.25, 0.3) is 22.0 Å². The van der Waals surface area contributed by atoms with Crippen molar-refractivity contribution in [3.05, 3.63) is 58.6 Å². The van der Waals surface area contributed by atoms with Gasteiger partial charge >= 0.3 is 0 Å². The van der Waals surface area contributed by atoms with Gasteiger partial charge in [0.05, 0.1) is 24.6 Å². The third-order valence-electron chi connectivity index (χ3n) is 5.35. The van der Waals surface area contributed by atoms with Crippen LogP contribution in [0.15, 0.2) is 47.4 Å². The van der Waals surface area contributed by atoms with Crippen molar-refractivity contribution in [1.29, 1.82) is 0 Å². The Kier molecular flexibility index (Phi) is 9.12. The standard InChI is InChI=1S/C26H31FN2O4S/c1-5-15-33-22-11-10-21(27)24-25(22)29(13-12-23(30)34-16-14-28(2)3)17-20(26(24)31)18-6-8-19(32-4)9-7-18/h6-11,17H,5,12-16H2,1-4H3. The molecule has 1 heterocycles. The predicted molar refractivity (Wildman–Crippen MR) is 137 cm³/mol. The minimum atomic E-state index is -0.611. The maximum Gasteiger partial charge on any atom is 0.200 e. The highest BCUT2D eigenvalue weighted by Crippen LogP contribution is 2.30. The summed E-state index contributed by atoms with van der Waals surface area (Å²) in [4.78, 5) is 27.9. The van der Waals surface area contributed by atoms with Crippen LogP contribution in [-0.2, 0) is 11.3 Å². The van der Waals surface area contributed by atoms with Crippen molar-refractivity contribution in [3.63, 3.8) is 0 Å². The fraction of sp³-hybridized carbons (Fsp3) is 0.385. The molecule has 0 aliphatic heterocycles. The van der Waals surface area contributed by atoms with Gasteiger partial charge < -0.3 is 18.9 Å². The molecule has 0 aliphatic rings. The highest BCUT2D eigenvalue weighted by molar-refractivity contribution is 8.13. The zero-order chi connectivity index (χ0) is 24.7. The lowest BCUT2D eigenvalue weighted by molar-refractivity contribution is -0.111. The van der Waals surface area contributed by atoms with Crippen LogP contribution in [-0.4, -0.2) is 54.7 Å². The van der Waals surface area contributed by atoms with E-state index in [4.69, 9.17) is 9.47 Å². The molecule has 0 unspecified atom stereocenters. The SMILES string of the molecule is CCCOc1ccc(F)c2c(=O)c(-c3ccc(OC)cc3)cn(CCC(=O)SCCN(C)C)c12. The molecule has 0 amide bonds. The number of aryl methyl sites for hydroxylation is 1. The Morgan fingerprint density at radius 3 is 2.53 bits per heavy atom. The molecular formula is C26H31FN2O4S. The molecule has 2 aromatic carbocycles. The van der Waals surface area contributed by atoms with Gasteiger partial charge in [-0.25, -0.2) is 4.39 Å². The highest BCUT2D eigenvalue weighted by atomic mass is 32.2. The minimum Gasteiger partial charge on any atom is -0.497 e. The lowest BCUT2D eigenvalue weighted by Crippen LogP contribution is -2.17. The third kappa shape index (κ3) is 6.18. The summed E-state index contributed by atoms with van der Waals surface area (Å²) in [6.07, 6.45) is 2.72. The number of nitrogens with zero attached hydrogens (tertiary/aromatic N) is 2. The Morgan fingerprint density at radius 1 is 1.15 bits per heavy atom. The van der Waals surface area contributed by atoms with Crippen molar-refractivity contribution < 1.29 is 18.7 Å². The molecule has 3 rings (SSSR count). The Hall–Kier alpha value is -2.84. The van der Waals surface area contributed by atoms with Gasteiger partial charge in [0.1, 0.15) is 17.3 Å². The van der Waals surface area contributed by atoms with Gasteiger partial charge in [-0.2, -0.15) is 0 Å².